The Balaban J connectivity index is 1.62. The maximum Gasteiger partial charge on any atom is 0.266 e. The zero-order valence-corrected chi connectivity index (χ0v) is 14.8. The van der Waals surface area contributed by atoms with Crippen LogP contribution < -0.4 is 10.1 Å². The van der Waals surface area contributed by atoms with Gasteiger partial charge in [0.05, 0.1) is 12.2 Å². The van der Waals surface area contributed by atoms with Gasteiger partial charge in [-0.05, 0) is 56.9 Å². The summed E-state index contributed by atoms with van der Waals surface area (Å²) < 4.78 is 8.54. The number of hydrogen-bond acceptors (Lipinski definition) is 3. The van der Waals surface area contributed by atoms with Crippen molar-refractivity contribution in [2.24, 2.45) is 5.92 Å². The van der Waals surface area contributed by atoms with Crippen LogP contribution in [-0.4, -0.2) is 21.8 Å². The number of halogens is 1. The van der Waals surface area contributed by atoms with Crippen LogP contribution in [0, 0.1) is 5.92 Å². The van der Waals surface area contributed by atoms with Gasteiger partial charge in [-0.25, -0.2) is 4.68 Å². The van der Waals surface area contributed by atoms with E-state index in [0.717, 1.165) is 10.3 Å². The van der Waals surface area contributed by atoms with E-state index in [0.29, 0.717) is 17.7 Å². The summed E-state index contributed by atoms with van der Waals surface area (Å²) in [6, 6.07) is 9.55. The Bertz CT molecular complexity index is 679. The highest BCUT2D eigenvalue weighted by Crippen LogP contribution is 2.40. The highest BCUT2D eigenvalue weighted by atomic mass is 79.9. The SMILES string of the molecule is CC(Oc1ccc(Br)cc1)C(=O)Nc1ccnn1C(C)C1CC1. The van der Waals surface area contributed by atoms with Crippen LogP contribution >= 0.6 is 15.9 Å². The molecule has 5 nitrogen and oxygen atoms in total. The molecule has 2 atom stereocenters. The van der Waals surface area contributed by atoms with E-state index in [4.69, 9.17) is 4.74 Å². The normalized spacial score (nSPS) is 16.7. The van der Waals surface area contributed by atoms with E-state index in [1.807, 2.05) is 35.0 Å². The van der Waals surface area contributed by atoms with E-state index >= 15 is 0 Å². The lowest BCUT2D eigenvalue weighted by atomic mass is 10.2. The highest BCUT2D eigenvalue weighted by Gasteiger charge is 2.31. The maximum atomic E-state index is 12.4. The summed E-state index contributed by atoms with van der Waals surface area (Å²) >= 11 is 3.37. The molecule has 0 aliphatic heterocycles. The van der Waals surface area contributed by atoms with Crippen molar-refractivity contribution in [3.8, 4) is 5.75 Å². The summed E-state index contributed by atoms with van der Waals surface area (Å²) in [6.45, 7) is 3.88. The van der Waals surface area contributed by atoms with Gasteiger partial charge in [0, 0.05) is 10.5 Å². The summed E-state index contributed by atoms with van der Waals surface area (Å²) in [5.74, 6) is 1.87. The molecule has 1 N–H and O–H groups in total. The van der Waals surface area contributed by atoms with E-state index in [9.17, 15) is 4.79 Å². The Morgan fingerprint density at radius 3 is 2.65 bits per heavy atom. The van der Waals surface area contributed by atoms with E-state index in [1.54, 1.807) is 13.1 Å². The van der Waals surface area contributed by atoms with Gasteiger partial charge >= 0.3 is 0 Å². The molecule has 1 amide bonds. The summed E-state index contributed by atoms with van der Waals surface area (Å²) in [4.78, 5) is 12.4. The lowest BCUT2D eigenvalue weighted by Crippen LogP contribution is -2.31. The molecule has 1 aromatic carbocycles. The van der Waals surface area contributed by atoms with Crippen molar-refractivity contribution in [2.45, 2.75) is 38.8 Å². The quantitative estimate of drug-likeness (QED) is 0.826. The van der Waals surface area contributed by atoms with Gasteiger partial charge in [-0.15, -0.1) is 0 Å². The third-order valence-corrected chi connectivity index (χ3v) is 4.64. The second kappa shape index (κ2) is 6.74. The molecule has 2 aromatic rings. The van der Waals surface area contributed by atoms with Gasteiger partial charge in [0.15, 0.2) is 6.10 Å². The van der Waals surface area contributed by atoms with Gasteiger partial charge in [-0.1, -0.05) is 15.9 Å². The van der Waals surface area contributed by atoms with Crippen LogP contribution in [0.2, 0.25) is 0 Å². The van der Waals surface area contributed by atoms with Crippen molar-refractivity contribution >= 4 is 27.7 Å². The average molecular weight is 378 g/mol. The molecule has 1 fully saturated rings. The van der Waals surface area contributed by atoms with Crippen LogP contribution in [-0.2, 0) is 4.79 Å². The predicted octanol–water partition coefficient (Wildman–Crippen LogP) is 4.02. The van der Waals surface area contributed by atoms with E-state index in [-0.39, 0.29) is 5.91 Å². The van der Waals surface area contributed by atoms with Crippen LogP contribution in [0.4, 0.5) is 5.82 Å². The van der Waals surface area contributed by atoms with Crippen molar-refractivity contribution in [2.75, 3.05) is 5.32 Å². The number of amides is 1. The van der Waals surface area contributed by atoms with Gasteiger partial charge in [0.25, 0.3) is 5.91 Å². The molecule has 0 bridgehead atoms. The number of benzene rings is 1. The molecule has 0 spiro atoms. The monoisotopic (exact) mass is 377 g/mol. The number of hydrogen-bond donors (Lipinski definition) is 1. The van der Waals surface area contributed by atoms with Crippen LogP contribution in [0.25, 0.3) is 0 Å². The van der Waals surface area contributed by atoms with Crippen LogP contribution in [0.15, 0.2) is 41.0 Å². The second-order valence-corrected chi connectivity index (χ2v) is 6.86. The first-order valence-electron chi connectivity index (χ1n) is 7.81. The molecular weight excluding hydrogens is 358 g/mol. The first kappa shape index (κ1) is 16.1. The Kier molecular flexibility index (Phi) is 4.71. The minimum atomic E-state index is -0.587. The standard InChI is InChI=1S/C17H20BrN3O2/c1-11(13-3-4-13)21-16(9-10-19-21)20-17(22)12(2)23-15-7-5-14(18)6-8-15/h5-13H,3-4H2,1-2H3,(H,20,22). The molecule has 1 aromatic heterocycles. The Labute approximate surface area is 144 Å². The minimum Gasteiger partial charge on any atom is -0.481 e. The van der Waals surface area contributed by atoms with Gasteiger partial charge in [0.1, 0.15) is 11.6 Å². The number of aromatic nitrogens is 2. The van der Waals surface area contributed by atoms with Crippen molar-refractivity contribution in [1.82, 2.24) is 9.78 Å². The zero-order valence-electron chi connectivity index (χ0n) is 13.2. The fourth-order valence-electron chi connectivity index (χ4n) is 2.51. The Morgan fingerprint density at radius 2 is 2.00 bits per heavy atom. The predicted molar refractivity (Wildman–Crippen MR) is 92.5 cm³/mol. The largest absolute Gasteiger partial charge is 0.481 e. The lowest BCUT2D eigenvalue weighted by Gasteiger charge is -2.18. The molecule has 1 heterocycles. The summed E-state index contributed by atoms with van der Waals surface area (Å²) in [6.07, 6.45) is 3.60. The highest BCUT2D eigenvalue weighted by molar-refractivity contribution is 9.10. The van der Waals surface area contributed by atoms with Crippen molar-refractivity contribution in [1.29, 1.82) is 0 Å². The van der Waals surface area contributed by atoms with E-state index < -0.39 is 6.10 Å². The lowest BCUT2D eigenvalue weighted by molar-refractivity contribution is -0.122. The van der Waals surface area contributed by atoms with Crippen molar-refractivity contribution in [3.05, 3.63) is 41.0 Å². The smallest absolute Gasteiger partial charge is 0.266 e. The molecule has 122 valence electrons. The number of carbonyl (C=O) groups is 1. The third-order valence-electron chi connectivity index (χ3n) is 4.11. The maximum absolute atomic E-state index is 12.4. The molecule has 23 heavy (non-hydrogen) atoms. The van der Waals surface area contributed by atoms with Gasteiger partial charge in [-0.3, -0.25) is 4.79 Å². The van der Waals surface area contributed by atoms with Gasteiger partial charge in [-0.2, -0.15) is 5.10 Å². The van der Waals surface area contributed by atoms with Crippen molar-refractivity contribution in [3.63, 3.8) is 0 Å². The molecule has 0 saturated heterocycles. The van der Waals surface area contributed by atoms with Crippen molar-refractivity contribution < 1.29 is 9.53 Å². The topological polar surface area (TPSA) is 56.1 Å². The number of anilines is 1. The first-order valence-corrected chi connectivity index (χ1v) is 8.60. The van der Waals surface area contributed by atoms with Crippen LogP contribution in [0.1, 0.15) is 32.7 Å². The number of carbonyl (C=O) groups excluding carboxylic acids is 1. The van der Waals surface area contributed by atoms with Gasteiger partial charge < -0.3 is 10.1 Å². The summed E-state index contributed by atoms with van der Waals surface area (Å²) in [5.41, 5.74) is 0. The fourth-order valence-corrected chi connectivity index (χ4v) is 2.78. The number of rotatable bonds is 6. The molecular formula is C17H20BrN3O2. The minimum absolute atomic E-state index is 0.183. The number of nitrogens with one attached hydrogen (secondary N) is 1. The molecule has 1 aliphatic carbocycles. The first-order chi connectivity index (χ1) is 11.0. The molecule has 1 aliphatic rings. The van der Waals surface area contributed by atoms with E-state index in [1.165, 1.54) is 12.8 Å². The molecule has 1 saturated carbocycles. The summed E-state index contributed by atoms with van der Waals surface area (Å²) in [7, 11) is 0. The number of ether oxygens (including phenoxy) is 1. The molecule has 6 heteroatoms. The average Bonchev–Trinajstić information content (AvgIpc) is 3.29. The zero-order chi connectivity index (χ0) is 16.4. The molecule has 3 rings (SSSR count). The van der Waals surface area contributed by atoms with Crippen LogP contribution in [0.3, 0.4) is 0 Å². The fraction of sp³-hybridized carbons (Fsp3) is 0.412. The summed E-state index contributed by atoms with van der Waals surface area (Å²) in [5, 5.41) is 7.25. The number of nitrogens with zero attached hydrogens (tertiary/aromatic N) is 2. The third kappa shape index (κ3) is 3.93. The van der Waals surface area contributed by atoms with Gasteiger partial charge in [0.2, 0.25) is 0 Å². The Morgan fingerprint density at radius 1 is 1.30 bits per heavy atom. The molecule has 0 radical (unpaired) electrons. The van der Waals surface area contributed by atoms with E-state index in [2.05, 4.69) is 33.3 Å². The Hall–Kier alpha value is -1.82. The molecule has 2 unspecified atom stereocenters. The second-order valence-electron chi connectivity index (χ2n) is 5.94. The van der Waals surface area contributed by atoms with Crippen LogP contribution in [0.5, 0.6) is 5.75 Å².